The van der Waals surface area contributed by atoms with Crippen LogP contribution in [0.2, 0.25) is 0 Å². The van der Waals surface area contributed by atoms with E-state index in [0.717, 1.165) is 18.5 Å². The summed E-state index contributed by atoms with van der Waals surface area (Å²) in [5.41, 5.74) is 6.87. The first-order valence-electron chi connectivity index (χ1n) is 8.72. The van der Waals surface area contributed by atoms with Gasteiger partial charge in [-0.3, -0.25) is 15.1 Å². The molecule has 0 aliphatic heterocycles. The summed E-state index contributed by atoms with van der Waals surface area (Å²) in [6, 6.07) is 0. The van der Waals surface area contributed by atoms with E-state index >= 15 is 0 Å². The molecule has 0 saturated heterocycles. The Morgan fingerprint density at radius 2 is 2.26 bits per heavy atom. The van der Waals surface area contributed by atoms with Gasteiger partial charge in [-0.25, -0.2) is 4.98 Å². The van der Waals surface area contributed by atoms with Crippen molar-refractivity contribution in [2.45, 2.75) is 58.3 Å². The smallest absolute Gasteiger partial charge is 0.226 e. The summed E-state index contributed by atoms with van der Waals surface area (Å²) in [5, 5.41) is 2.71. The molecule has 1 aromatic heterocycles. The molecule has 0 radical (unpaired) electrons. The van der Waals surface area contributed by atoms with Crippen LogP contribution in [0.1, 0.15) is 57.6 Å². The molecule has 6 nitrogen and oxygen atoms in total. The van der Waals surface area contributed by atoms with Gasteiger partial charge in [-0.15, -0.1) is 0 Å². The number of nitrogens with one attached hydrogen (secondary N) is 2. The third-order valence-corrected chi connectivity index (χ3v) is 4.67. The summed E-state index contributed by atoms with van der Waals surface area (Å²) in [4.78, 5) is 23.3. The molecule has 4 N–H and O–H groups in total. The van der Waals surface area contributed by atoms with E-state index in [4.69, 9.17) is 5.73 Å². The summed E-state index contributed by atoms with van der Waals surface area (Å²) in [7, 11) is 0. The number of amides is 1. The lowest BCUT2D eigenvalue weighted by atomic mass is 9.79. The predicted molar refractivity (Wildman–Crippen MR) is 91.9 cm³/mol. The van der Waals surface area contributed by atoms with E-state index in [1.165, 1.54) is 32.1 Å². The van der Waals surface area contributed by atoms with Gasteiger partial charge in [0.1, 0.15) is 0 Å². The zero-order valence-corrected chi connectivity index (χ0v) is 14.1. The topological polar surface area (TPSA) is 96.2 Å². The number of aromatic amines is 1. The molecule has 1 amide bonds. The highest BCUT2D eigenvalue weighted by Crippen LogP contribution is 2.31. The fourth-order valence-electron chi connectivity index (χ4n) is 3.29. The van der Waals surface area contributed by atoms with Gasteiger partial charge < -0.3 is 10.7 Å². The first kappa shape index (κ1) is 17.5. The number of nitrogens with two attached hydrogens (primary N) is 1. The maximum Gasteiger partial charge on any atom is 0.226 e. The van der Waals surface area contributed by atoms with E-state index < -0.39 is 0 Å². The van der Waals surface area contributed by atoms with Gasteiger partial charge in [0, 0.05) is 24.9 Å². The normalized spacial score (nSPS) is 17.9. The molecule has 1 aliphatic carbocycles. The minimum Gasteiger partial charge on any atom is -0.370 e. The number of carbonyl (C=O) groups is 1. The van der Waals surface area contributed by atoms with Gasteiger partial charge in [0.2, 0.25) is 5.91 Å². The zero-order chi connectivity index (χ0) is 16.5. The molecule has 1 atom stereocenters. The molecule has 0 bridgehead atoms. The third kappa shape index (κ3) is 6.42. The molecule has 23 heavy (non-hydrogen) atoms. The quantitative estimate of drug-likeness (QED) is 0.409. The number of imidazole rings is 1. The van der Waals surface area contributed by atoms with E-state index in [-0.39, 0.29) is 11.9 Å². The molecule has 0 unspecified atom stereocenters. The highest BCUT2D eigenvalue weighted by atomic mass is 16.1. The first-order valence-corrected chi connectivity index (χ1v) is 8.72. The summed E-state index contributed by atoms with van der Waals surface area (Å²) in [6.07, 6.45) is 12.2. The van der Waals surface area contributed by atoms with Gasteiger partial charge in [0.15, 0.2) is 5.96 Å². The number of carbonyl (C=O) groups excluding carboxylic acids is 1. The third-order valence-electron chi connectivity index (χ3n) is 4.67. The van der Waals surface area contributed by atoms with Crippen molar-refractivity contribution in [2.24, 2.45) is 22.6 Å². The number of H-pyrrole nitrogens is 1. The molecule has 1 saturated carbocycles. The Morgan fingerprint density at radius 3 is 2.96 bits per heavy atom. The monoisotopic (exact) mass is 319 g/mol. The van der Waals surface area contributed by atoms with E-state index in [1.54, 1.807) is 6.33 Å². The van der Waals surface area contributed by atoms with Crippen molar-refractivity contribution in [3.05, 3.63) is 18.2 Å². The summed E-state index contributed by atoms with van der Waals surface area (Å²) < 4.78 is 0. The van der Waals surface area contributed by atoms with Crippen LogP contribution in [0.3, 0.4) is 0 Å². The molecule has 0 aromatic carbocycles. The Hall–Kier alpha value is -1.85. The molecule has 1 heterocycles. The highest BCUT2D eigenvalue weighted by Gasteiger charge is 2.22. The van der Waals surface area contributed by atoms with Crippen LogP contribution >= 0.6 is 0 Å². The second-order valence-electron chi connectivity index (χ2n) is 6.58. The fourth-order valence-corrected chi connectivity index (χ4v) is 3.29. The second-order valence-corrected chi connectivity index (χ2v) is 6.58. The number of aromatic nitrogens is 2. The molecule has 128 valence electrons. The molecular weight excluding hydrogens is 290 g/mol. The molecule has 2 rings (SSSR count). The Bertz CT molecular complexity index is 491. The van der Waals surface area contributed by atoms with Crippen LogP contribution < -0.4 is 11.1 Å². The number of hydrogen-bond donors (Lipinski definition) is 3. The Kier molecular flexibility index (Phi) is 7.10. The molecular formula is C17H29N5O. The van der Waals surface area contributed by atoms with Crippen molar-refractivity contribution < 1.29 is 4.79 Å². The van der Waals surface area contributed by atoms with Crippen LogP contribution in [-0.2, 0) is 11.2 Å². The average Bonchev–Trinajstić information content (AvgIpc) is 3.05. The van der Waals surface area contributed by atoms with Crippen LogP contribution in [-0.4, -0.2) is 28.4 Å². The second kappa shape index (κ2) is 9.33. The summed E-state index contributed by atoms with van der Waals surface area (Å²) in [5.74, 6) is 1.32. The van der Waals surface area contributed by atoms with Crippen molar-refractivity contribution in [2.75, 3.05) is 6.54 Å². The van der Waals surface area contributed by atoms with Gasteiger partial charge in [-0.1, -0.05) is 39.0 Å². The van der Waals surface area contributed by atoms with Crippen molar-refractivity contribution in [3.63, 3.8) is 0 Å². The van der Waals surface area contributed by atoms with Crippen LogP contribution in [0.15, 0.2) is 17.5 Å². The summed E-state index contributed by atoms with van der Waals surface area (Å²) in [6.45, 7) is 2.77. The molecule has 1 fully saturated rings. The number of hydrogen-bond acceptors (Lipinski definition) is 3. The largest absolute Gasteiger partial charge is 0.370 e. The minimum atomic E-state index is -0.0158. The molecule has 0 spiro atoms. The lowest BCUT2D eigenvalue weighted by Crippen LogP contribution is -2.38. The zero-order valence-electron chi connectivity index (χ0n) is 14.1. The van der Waals surface area contributed by atoms with Gasteiger partial charge in [0.05, 0.1) is 6.33 Å². The van der Waals surface area contributed by atoms with E-state index in [9.17, 15) is 4.79 Å². The van der Waals surface area contributed by atoms with Crippen molar-refractivity contribution >= 4 is 11.9 Å². The Morgan fingerprint density at radius 1 is 1.48 bits per heavy atom. The highest BCUT2D eigenvalue weighted by molar-refractivity contribution is 5.96. The number of nitrogens with zero attached hydrogens (tertiary/aromatic N) is 2. The van der Waals surface area contributed by atoms with Crippen molar-refractivity contribution in [3.8, 4) is 0 Å². The van der Waals surface area contributed by atoms with Gasteiger partial charge in [-0.2, -0.15) is 0 Å². The number of rotatable bonds is 7. The average molecular weight is 319 g/mol. The number of guanidine groups is 1. The van der Waals surface area contributed by atoms with Crippen LogP contribution in [0.25, 0.3) is 0 Å². The maximum atomic E-state index is 12.0. The lowest BCUT2D eigenvalue weighted by molar-refractivity contribution is -0.121. The summed E-state index contributed by atoms with van der Waals surface area (Å²) >= 11 is 0. The van der Waals surface area contributed by atoms with Crippen molar-refractivity contribution in [1.29, 1.82) is 0 Å². The van der Waals surface area contributed by atoms with Gasteiger partial charge in [-0.05, 0) is 24.7 Å². The minimum absolute atomic E-state index is 0.0158. The van der Waals surface area contributed by atoms with Crippen LogP contribution in [0.5, 0.6) is 0 Å². The van der Waals surface area contributed by atoms with Crippen LogP contribution in [0, 0.1) is 11.8 Å². The number of aliphatic imine (C=N–C) groups is 1. The van der Waals surface area contributed by atoms with Gasteiger partial charge >= 0.3 is 0 Å². The first-order chi connectivity index (χ1) is 11.1. The lowest BCUT2D eigenvalue weighted by Gasteiger charge is -2.27. The molecule has 6 heteroatoms. The van der Waals surface area contributed by atoms with Gasteiger partial charge in [0.25, 0.3) is 0 Å². The van der Waals surface area contributed by atoms with E-state index in [0.29, 0.717) is 24.8 Å². The predicted octanol–water partition coefficient (Wildman–Crippen LogP) is 2.38. The molecule has 1 aliphatic rings. The number of aryl methyl sites for hydroxylation is 1. The SMILES string of the molecule is C[C@@H](CC(=O)NC(N)=NCCCc1cnc[nH]1)C1CCCCC1. The standard InChI is InChI=1S/C17H29N5O/c1-13(14-6-3-2-4-7-14)10-16(23)22-17(18)20-9-5-8-15-11-19-12-21-15/h11-14H,2-10H2,1H3,(H,19,21)(H3,18,20,22,23)/t13-/m0/s1. The fraction of sp³-hybridized carbons (Fsp3) is 0.706. The van der Waals surface area contributed by atoms with E-state index in [2.05, 4.69) is 27.2 Å². The maximum absolute atomic E-state index is 12.0. The molecule has 1 aromatic rings. The van der Waals surface area contributed by atoms with Crippen molar-refractivity contribution in [1.82, 2.24) is 15.3 Å². The van der Waals surface area contributed by atoms with E-state index in [1.807, 2.05) is 6.20 Å². The Labute approximate surface area is 138 Å². The van der Waals surface area contributed by atoms with Crippen LogP contribution in [0.4, 0.5) is 0 Å². The Balaban J connectivity index is 1.63.